The predicted octanol–water partition coefficient (Wildman–Crippen LogP) is 1.37. The molecule has 0 aromatic carbocycles. The van der Waals surface area contributed by atoms with E-state index in [4.69, 9.17) is 0 Å². The van der Waals surface area contributed by atoms with Gasteiger partial charge in [-0.1, -0.05) is 6.42 Å². The molecule has 3 atom stereocenters. The number of likely N-dealkylation sites (tertiary alicyclic amines) is 1. The summed E-state index contributed by atoms with van der Waals surface area (Å²) in [6.45, 7) is 8.44. The molecule has 110 valence electrons. The molecule has 0 radical (unpaired) electrons. The molecule has 2 fully saturated rings. The van der Waals surface area contributed by atoms with E-state index in [-0.39, 0.29) is 11.8 Å². The Bertz CT molecular complexity index is 281. The number of nitrogens with zero attached hydrogens (tertiary/aromatic N) is 1. The lowest BCUT2D eigenvalue weighted by molar-refractivity contribution is -0.125. The molecule has 0 aromatic rings. The fourth-order valence-electron chi connectivity index (χ4n) is 3.10. The van der Waals surface area contributed by atoms with Crippen LogP contribution in [0.5, 0.6) is 0 Å². The lowest BCUT2D eigenvalue weighted by atomic mass is 9.95. The summed E-state index contributed by atoms with van der Waals surface area (Å²) in [5.74, 6) is 0.410. The van der Waals surface area contributed by atoms with Gasteiger partial charge in [-0.05, 0) is 52.6 Å². The Morgan fingerprint density at radius 1 is 1.32 bits per heavy atom. The Labute approximate surface area is 117 Å². The van der Waals surface area contributed by atoms with E-state index in [0.29, 0.717) is 12.1 Å². The van der Waals surface area contributed by atoms with Crippen LogP contribution in [0, 0.1) is 5.92 Å². The number of nitrogens with one attached hydrogen (secondary N) is 2. The van der Waals surface area contributed by atoms with Crippen molar-refractivity contribution in [1.82, 2.24) is 15.5 Å². The topological polar surface area (TPSA) is 44.4 Å². The summed E-state index contributed by atoms with van der Waals surface area (Å²) in [7, 11) is 0. The number of hydrogen-bond donors (Lipinski definition) is 2. The SMILES string of the molecule is CC1CCC(C(=O)NCC(C)N2CCCCC2)CN1. The van der Waals surface area contributed by atoms with Gasteiger partial charge in [-0.3, -0.25) is 9.69 Å². The van der Waals surface area contributed by atoms with Gasteiger partial charge in [0.25, 0.3) is 0 Å². The minimum atomic E-state index is 0.171. The first-order chi connectivity index (χ1) is 9.16. The van der Waals surface area contributed by atoms with Gasteiger partial charge in [0.15, 0.2) is 0 Å². The molecule has 0 aromatic heterocycles. The van der Waals surface area contributed by atoms with Gasteiger partial charge >= 0.3 is 0 Å². The summed E-state index contributed by atoms with van der Waals surface area (Å²) in [6.07, 6.45) is 6.12. The van der Waals surface area contributed by atoms with E-state index in [0.717, 1.165) is 25.9 Å². The highest BCUT2D eigenvalue weighted by molar-refractivity contribution is 5.79. The van der Waals surface area contributed by atoms with Gasteiger partial charge in [0.05, 0.1) is 5.92 Å². The van der Waals surface area contributed by atoms with Gasteiger partial charge in [0.1, 0.15) is 0 Å². The monoisotopic (exact) mass is 267 g/mol. The summed E-state index contributed by atoms with van der Waals surface area (Å²) < 4.78 is 0. The van der Waals surface area contributed by atoms with E-state index < -0.39 is 0 Å². The van der Waals surface area contributed by atoms with Crippen molar-refractivity contribution in [2.45, 2.75) is 58.0 Å². The van der Waals surface area contributed by atoms with Gasteiger partial charge in [-0.15, -0.1) is 0 Å². The average molecular weight is 267 g/mol. The number of rotatable bonds is 4. The third kappa shape index (κ3) is 4.46. The first-order valence-corrected chi connectivity index (χ1v) is 7.92. The molecule has 4 nitrogen and oxygen atoms in total. The van der Waals surface area contributed by atoms with Gasteiger partial charge in [-0.25, -0.2) is 0 Å². The number of amides is 1. The van der Waals surface area contributed by atoms with Crippen LogP contribution in [0.3, 0.4) is 0 Å². The van der Waals surface area contributed by atoms with E-state index in [2.05, 4.69) is 29.4 Å². The van der Waals surface area contributed by atoms with E-state index in [1.165, 1.54) is 32.4 Å². The number of hydrogen-bond acceptors (Lipinski definition) is 3. The third-order valence-corrected chi connectivity index (χ3v) is 4.62. The van der Waals surface area contributed by atoms with Crippen molar-refractivity contribution in [3.8, 4) is 0 Å². The number of piperidine rings is 2. The van der Waals surface area contributed by atoms with E-state index in [9.17, 15) is 4.79 Å². The first-order valence-electron chi connectivity index (χ1n) is 7.92. The zero-order valence-electron chi connectivity index (χ0n) is 12.5. The maximum atomic E-state index is 12.1. The first kappa shape index (κ1) is 14.8. The Balaban J connectivity index is 1.67. The molecule has 0 bridgehead atoms. The lowest BCUT2D eigenvalue weighted by Gasteiger charge is -2.33. The number of carbonyl (C=O) groups is 1. The maximum Gasteiger partial charge on any atom is 0.224 e. The molecule has 4 heteroatoms. The number of carbonyl (C=O) groups excluding carboxylic acids is 1. The zero-order valence-corrected chi connectivity index (χ0v) is 12.5. The molecule has 0 spiro atoms. The van der Waals surface area contributed by atoms with Crippen LogP contribution in [0.4, 0.5) is 0 Å². The molecular weight excluding hydrogens is 238 g/mol. The molecule has 1 amide bonds. The van der Waals surface area contributed by atoms with Gasteiger partial charge in [-0.2, -0.15) is 0 Å². The largest absolute Gasteiger partial charge is 0.354 e. The van der Waals surface area contributed by atoms with Gasteiger partial charge in [0, 0.05) is 25.2 Å². The molecule has 0 saturated carbocycles. The minimum absolute atomic E-state index is 0.171. The highest BCUT2D eigenvalue weighted by atomic mass is 16.1. The maximum absolute atomic E-state index is 12.1. The highest BCUT2D eigenvalue weighted by Crippen LogP contribution is 2.15. The Morgan fingerprint density at radius 2 is 2.05 bits per heavy atom. The molecule has 2 rings (SSSR count). The fourth-order valence-corrected chi connectivity index (χ4v) is 3.10. The second-order valence-electron chi connectivity index (χ2n) is 6.27. The minimum Gasteiger partial charge on any atom is -0.354 e. The van der Waals surface area contributed by atoms with Crippen LogP contribution in [0.2, 0.25) is 0 Å². The summed E-state index contributed by atoms with van der Waals surface area (Å²) in [6, 6.07) is 1.04. The molecule has 2 N–H and O–H groups in total. The molecule has 2 aliphatic heterocycles. The molecule has 0 aliphatic carbocycles. The van der Waals surface area contributed by atoms with Crippen molar-refractivity contribution in [3.05, 3.63) is 0 Å². The fraction of sp³-hybridized carbons (Fsp3) is 0.933. The van der Waals surface area contributed by atoms with Crippen LogP contribution < -0.4 is 10.6 Å². The Kier molecular flexibility index (Phi) is 5.64. The van der Waals surface area contributed by atoms with Gasteiger partial charge in [0.2, 0.25) is 5.91 Å². The van der Waals surface area contributed by atoms with Gasteiger partial charge < -0.3 is 10.6 Å². The normalized spacial score (nSPS) is 30.8. The van der Waals surface area contributed by atoms with Crippen LogP contribution in [0.1, 0.15) is 46.0 Å². The van der Waals surface area contributed by atoms with Crippen molar-refractivity contribution in [1.29, 1.82) is 0 Å². The second-order valence-corrected chi connectivity index (χ2v) is 6.27. The molecule has 2 heterocycles. The Morgan fingerprint density at radius 3 is 2.68 bits per heavy atom. The molecule has 19 heavy (non-hydrogen) atoms. The summed E-state index contributed by atoms with van der Waals surface area (Å²) in [5, 5.41) is 6.54. The molecule has 3 unspecified atom stereocenters. The highest BCUT2D eigenvalue weighted by Gasteiger charge is 2.24. The van der Waals surface area contributed by atoms with Crippen LogP contribution in [0.25, 0.3) is 0 Å². The van der Waals surface area contributed by atoms with Crippen LogP contribution >= 0.6 is 0 Å². The summed E-state index contributed by atoms with van der Waals surface area (Å²) in [5.41, 5.74) is 0. The average Bonchev–Trinajstić information content (AvgIpc) is 2.46. The van der Waals surface area contributed by atoms with Crippen LogP contribution in [-0.2, 0) is 4.79 Å². The standard InChI is InChI=1S/C15H29N3O/c1-12-6-7-14(11-16-12)15(19)17-10-13(2)18-8-4-3-5-9-18/h12-14,16H,3-11H2,1-2H3,(H,17,19). The summed E-state index contributed by atoms with van der Waals surface area (Å²) in [4.78, 5) is 14.6. The predicted molar refractivity (Wildman–Crippen MR) is 78.1 cm³/mol. The van der Waals surface area contributed by atoms with E-state index in [1.54, 1.807) is 0 Å². The van der Waals surface area contributed by atoms with Crippen molar-refractivity contribution in [2.75, 3.05) is 26.2 Å². The van der Waals surface area contributed by atoms with Crippen molar-refractivity contribution >= 4 is 5.91 Å². The lowest BCUT2D eigenvalue weighted by Crippen LogP contribution is -2.48. The zero-order chi connectivity index (χ0) is 13.7. The van der Waals surface area contributed by atoms with Crippen molar-refractivity contribution in [3.63, 3.8) is 0 Å². The second kappa shape index (κ2) is 7.25. The van der Waals surface area contributed by atoms with Crippen LogP contribution in [0.15, 0.2) is 0 Å². The quantitative estimate of drug-likeness (QED) is 0.808. The van der Waals surface area contributed by atoms with Crippen molar-refractivity contribution < 1.29 is 4.79 Å². The summed E-state index contributed by atoms with van der Waals surface area (Å²) >= 11 is 0. The van der Waals surface area contributed by atoms with Crippen LogP contribution in [-0.4, -0.2) is 49.1 Å². The molecule has 2 aliphatic rings. The molecular formula is C15H29N3O. The van der Waals surface area contributed by atoms with E-state index >= 15 is 0 Å². The Hall–Kier alpha value is -0.610. The van der Waals surface area contributed by atoms with E-state index in [1.807, 2.05) is 0 Å². The smallest absolute Gasteiger partial charge is 0.224 e. The third-order valence-electron chi connectivity index (χ3n) is 4.62. The molecule has 2 saturated heterocycles. The van der Waals surface area contributed by atoms with Crippen molar-refractivity contribution in [2.24, 2.45) is 5.92 Å².